The first-order chi connectivity index (χ1) is 9.31. The van der Waals surface area contributed by atoms with Crippen LogP contribution in [0, 0.1) is 5.82 Å². The van der Waals surface area contributed by atoms with Crippen LogP contribution in [0.2, 0.25) is 0 Å². The molecule has 1 fully saturated rings. The second-order valence-electron chi connectivity index (χ2n) is 5.10. The highest BCUT2D eigenvalue weighted by molar-refractivity contribution is 5.85. The Morgan fingerprint density at radius 1 is 1.20 bits per heavy atom. The second kappa shape index (κ2) is 6.86. The van der Waals surface area contributed by atoms with Crippen molar-refractivity contribution >= 4 is 12.4 Å². The summed E-state index contributed by atoms with van der Waals surface area (Å²) in [6.45, 7) is 1.11. The molecule has 20 heavy (non-hydrogen) atoms. The molecule has 1 atom stereocenters. The van der Waals surface area contributed by atoms with Gasteiger partial charge in [0.1, 0.15) is 11.6 Å². The van der Waals surface area contributed by atoms with Crippen molar-refractivity contribution in [3.05, 3.63) is 42.1 Å². The summed E-state index contributed by atoms with van der Waals surface area (Å²) in [5.74, 6) is 0.786. The van der Waals surface area contributed by atoms with Crippen molar-refractivity contribution in [1.29, 1.82) is 0 Å². The van der Waals surface area contributed by atoms with Crippen molar-refractivity contribution in [3.63, 3.8) is 0 Å². The minimum Gasteiger partial charge on any atom is -0.342 e. The maximum atomic E-state index is 12.9. The molecule has 0 amide bonds. The zero-order valence-electron chi connectivity index (χ0n) is 11.2. The number of benzene rings is 1. The molecule has 1 aliphatic heterocycles. The van der Waals surface area contributed by atoms with Gasteiger partial charge in [0.15, 0.2) is 0 Å². The van der Waals surface area contributed by atoms with Crippen LogP contribution in [-0.2, 0) is 6.42 Å². The summed E-state index contributed by atoms with van der Waals surface area (Å²) in [4.78, 5) is 7.74. The van der Waals surface area contributed by atoms with Gasteiger partial charge in [-0.2, -0.15) is 0 Å². The number of rotatable bonds is 3. The normalized spacial score (nSPS) is 18.6. The SMILES string of the molecule is Cl.Fc1ccc(-c2cnc(CC3CCCCN3)[nH]2)cc1. The van der Waals surface area contributed by atoms with Gasteiger partial charge >= 0.3 is 0 Å². The van der Waals surface area contributed by atoms with Crippen molar-refractivity contribution in [3.8, 4) is 11.3 Å². The van der Waals surface area contributed by atoms with Crippen LogP contribution in [-0.4, -0.2) is 22.6 Å². The van der Waals surface area contributed by atoms with Gasteiger partial charge in [0, 0.05) is 12.5 Å². The monoisotopic (exact) mass is 295 g/mol. The maximum absolute atomic E-state index is 12.9. The molecule has 1 aliphatic rings. The first-order valence-corrected chi connectivity index (χ1v) is 6.84. The molecule has 2 aromatic rings. The van der Waals surface area contributed by atoms with Crippen LogP contribution in [0.15, 0.2) is 30.5 Å². The molecule has 0 spiro atoms. The van der Waals surface area contributed by atoms with Gasteiger partial charge in [-0.15, -0.1) is 12.4 Å². The molecule has 1 unspecified atom stereocenters. The van der Waals surface area contributed by atoms with Gasteiger partial charge in [0.2, 0.25) is 0 Å². The number of nitrogens with zero attached hydrogens (tertiary/aromatic N) is 1. The van der Waals surface area contributed by atoms with Gasteiger partial charge in [0.25, 0.3) is 0 Å². The summed E-state index contributed by atoms with van der Waals surface area (Å²) in [5, 5.41) is 3.51. The molecule has 108 valence electrons. The fourth-order valence-electron chi connectivity index (χ4n) is 2.57. The molecule has 5 heteroatoms. The maximum Gasteiger partial charge on any atom is 0.123 e. The predicted molar refractivity (Wildman–Crippen MR) is 80.6 cm³/mol. The standard InChI is InChI=1S/C15H18FN3.ClH/c16-12-6-4-11(5-7-12)14-10-18-15(19-14)9-13-3-1-2-8-17-13;/h4-7,10,13,17H,1-3,8-9H2,(H,18,19);1H. The van der Waals surface area contributed by atoms with Crippen LogP contribution < -0.4 is 5.32 Å². The van der Waals surface area contributed by atoms with Crippen LogP contribution in [0.1, 0.15) is 25.1 Å². The Labute approximate surface area is 124 Å². The molecule has 2 N–H and O–H groups in total. The number of hydrogen-bond acceptors (Lipinski definition) is 2. The van der Waals surface area contributed by atoms with Crippen molar-refractivity contribution < 1.29 is 4.39 Å². The Hall–Kier alpha value is -1.39. The first-order valence-electron chi connectivity index (χ1n) is 6.84. The summed E-state index contributed by atoms with van der Waals surface area (Å²) in [6.07, 6.45) is 6.54. The van der Waals surface area contributed by atoms with E-state index in [2.05, 4.69) is 15.3 Å². The van der Waals surface area contributed by atoms with Crippen molar-refractivity contribution in [1.82, 2.24) is 15.3 Å². The molecule has 0 saturated carbocycles. The molecule has 3 rings (SSSR count). The van der Waals surface area contributed by atoms with Gasteiger partial charge in [0.05, 0.1) is 11.9 Å². The Kier molecular flexibility index (Phi) is 5.15. The lowest BCUT2D eigenvalue weighted by Gasteiger charge is -2.22. The fourth-order valence-corrected chi connectivity index (χ4v) is 2.57. The van der Waals surface area contributed by atoms with E-state index in [-0.39, 0.29) is 18.2 Å². The average molecular weight is 296 g/mol. The summed E-state index contributed by atoms with van der Waals surface area (Å²) in [7, 11) is 0. The molecule has 0 aliphatic carbocycles. The molecule has 3 nitrogen and oxygen atoms in total. The lowest BCUT2D eigenvalue weighted by molar-refractivity contribution is 0.395. The summed E-state index contributed by atoms with van der Waals surface area (Å²) >= 11 is 0. The Morgan fingerprint density at radius 2 is 2.00 bits per heavy atom. The number of imidazole rings is 1. The molecule has 1 aromatic carbocycles. The Balaban J connectivity index is 0.00000147. The van der Waals surface area contributed by atoms with Crippen LogP contribution in [0.25, 0.3) is 11.3 Å². The Morgan fingerprint density at radius 3 is 2.70 bits per heavy atom. The fraction of sp³-hybridized carbons (Fsp3) is 0.400. The Bertz CT molecular complexity index is 532. The predicted octanol–water partition coefficient (Wildman–Crippen LogP) is 3.32. The van der Waals surface area contributed by atoms with E-state index in [0.717, 1.165) is 30.0 Å². The van der Waals surface area contributed by atoms with Crippen molar-refractivity contribution in [2.45, 2.75) is 31.7 Å². The number of hydrogen-bond donors (Lipinski definition) is 2. The smallest absolute Gasteiger partial charge is 0.123 e. The van der Waals surface area contributed by atoms with Crippen LogP contribution >= 0.6 is 12.4 Å². The number of aromatic nitrogens is 2. The minimum absolute atomic E-state index is 0. The van der Waals surface area contributed by atoms with Crippen molar-refractivity contribution in [2.75, 3.05) is 6.54 Å². The highest BCUT2D eigenvalue weighted by Crippen LogP contribution is 2.18. The quantitative estimate of drug-likeness (QED) is 0.912. The van der Waals surface area contributed by atoms with E-state index in [1.165, 1.54) is 31.4 Å². The van der Waals surface area contributed by atoms with Gasteiger partial charge in [-0.1, -0.05) is 6.42 Å². The highest BCUT2D eigenvalue weighted by atomic mass is 35.5. The van der Waals surface area contributed by atoms with E-state index < -0.39 is 0 Å². The topological polar surface area (TPSA) is 40.7 Å². The molecule has 2 heterocycles. The summed E-state index contributed by atoms with van der Waals surface area (Å²) in [6, 6.07) is 7.01. The van der Waals surface area contributed by atoms with E-state index in [9.17, 15) is 4.39 Å². The number of aromatic amines is 1. The number of halogens is 2. The zero-order chi connectivity index (χ0) is 13.1. The van der Waals surface area contributed by atoms with Crippen LogP contribution in [0.4, 0.5) is 4.39 Å². The number of H-pyrrole nitrogens is 1. The zero-order valence-corrected chi connectivity index (χ0v) is 12.0. The lowest BCUT2D eigenvalue weighted by atomic mass is 10.0. The largest absolute Gasteiger partial charge is 0.342 e. The van der Waals surface area contributed by atoms with Crippen LogP contribution in [0.5, 0.6) is 0 Å². The average Bonchev–Trinajstić information content (AvgIpc) is 2.89. The summed E-state index contributed by atoms with van der Waals surface area (Å²) < 4.78 is 12.9. The van der Waals surface area contributed by atoms with Gasteiger partial charge in [-0.3, -0.25) is 0 Å². The van der Waals surface area contributed by atoms with E-state index >= 15 is 0 Å². The molecule has 0 bridgehead atoms. The van der Waals surface area contributed by atoms with E-state index in [1.54, 1.807) is 12.1 Å². The molecule has 1 saturated heterocycles. The van der Waals surface area contributed by atoms with E-state index in [4.69, 9.17) is 0 Å². The third-order valence-corrected chi connectivity index (χ3v) is 3.64. The number of piperidine rings is 1. The molecular formula is C15H19ClFN3. The first kappa shape index (κ1) is 15.0. The van der Waals surface area contributed by atoms with Gasteiger partial charge in [-0.25, -0.2) is 9.37 Å². The second-order valence-corrected chi connectivity index (χ2v) is 5.10. The third-order valence-electron chi connectivity index (χ3n) is 3.64. The third kappa shape index (κ3) is 3.58. The van der Waals surface area contributed by atoms with Crippen molar-refractivity contribution in [2.24, 2.45) is 0 Å². The molecular weight excluding hydrogens is 277 g/mol. The van der Waals surface area contributed by atoms with E-state index in [1.807, 2.05) is 6.20 Å². The lowest BCUT2D eigenvalue weighted by Crippen LogP contribution is -2.35. The summed E-state index contributed by atoms with van der Waals surface area (Å²) in [5.41, 5.74) is 1.92. The molecule has 0 radical (unpaired) electrons. The highest BCUT2D eigenvalue weighted by Gasteiger charge is 2.14. The van der Waals surface area contributed by atoms with Gasteiger partial charge < -0.3 is 10.3 Å². The number of nitrogens with one attached hydrogen (secondary N) is 2. The molecule has 1 aromatic heterocycles. The van der Waals surface area contributed by atoms with E-state index in [0.29, 0.717) is 6.04 Å². The minimum atomic E-state index is -0.213. The van der Waals surface area contributed by atoms with Crippen LogP contribution in [0.3, 0.4) is 0 Å². The van der Waals surface area contributed by atoms with Gasteiger partial charge in [-0.05, 0) is 49.2 Å².